The van der Waals surface area contributed by atoms with Crippen molar-refractivity contribution in [3.8, 4) is 12.3 Å². The second-order valence-corrected chi connectivity index (χ2v) is 2.89. The van der Waals surface area contributed by atoms with Gasteiger partial charge < -0.3 is 5.32 Å². The van der Waals surface area contributed by atoms with Crippen LogP contribution in [0.1, 0.15) is 18.9 Å². The standard InChI is InChI=1S/C10H13N3/c1-4-9(5-2)12-10-6-8(3)7-11-13-10/h1,6-7,9H,5H2,2-3H3,(H,12,13). The van der Waals surface area contributed by atoms with Gasteiger partial charge in [0.05, 0.1) is 12.2 Å². The molecule has 0 saturated heterocycles. The van der Waals surface area contributed by atoms with Crippen LogP contribution < -0.4 is 5.32 Å². The fourth-order valence-corrected chi connectivity index (χ4v) is 0.975. The molecule has 1 unspecified atom stereocenters. The molecule has 0 radical (unpaired) electrons. The van der Waals surface area contributed by atoms with Crippen molar-refractivity contribution in [2.45, 2.75) is 26.3 Å². The minimum absolute atomic E-state index is 0.0381. The molecule has 1 N–H and O–H groups in total. The molecule has 0 bridgehead atoms. The summed E-state index contributed by atoms with van der Waals surface area (Å²) in [5, 5.41) is 10.9. The Labute approximate surface area is 78.6 Å². The van der Waals surface area contributed by atoms with Crippen LogP contribution in [0.25, 0.3) is 0 Å². The Morgan fingerprint density at radius 3 is 3.00 bits per heavy atom. The number of aryl methyl sites for hydroxylation is 1. The van der Waals surface area contributed by atoms with Crippen LogP contribution in [-0.4, -0.2) is 16.2 Å². The summed E-state index contributed by atoms with van der Waals surface area (Å²) in [5.74, 6) is 3.38. The molecule has 0 aliphatic carbocycles. The molecule has 1 rings (SSSR count). The highest BCUT2D eigenvalue weighted by Crippen LogP contribution is 2.06. The Kier molecular flexibility index (Phi) is 3.27. The molecule has 68 valence electrons. The molecule has 13 heavy (non-hydrogen) atoms. The second-order valence-electron chi connectivity index (χ2n) is 2.89. The van der Waals surface area contributed by atoms with Crippen molar-refractivity contribution >= 4 is 5.82 Å². The molecule has 3 heteroatoms. The third-order valence-corrected chi connectivity index (χ3v) is 1.72. The monoisotopic (exact) mass is 175 g/mol. The van der Waals surface area contributed by atoms with Crippen LogP contribution in [0.5, 0.6) is 0 Å². The Morgan fingerprint density at radius 2 is 2.46 bits per heavy atom. The minimum atomic E-state index is 0.0381. The van der Waals surface area contributed by atoms with Crippen LogP contribution in [0.15, 0.2) is 12.3 Å². The van der Waals surface area contributed by atoms with Gasteiger partial charge >= 0.3 is 0 Å². The Balaban J connectivity index is 2.69. The first kappa shape index (κ1) is 9.53. The highest BCUT2D eigenvalue weighted by atomic mass is 15.2. The van der Waals surface area contributed by atoms with Crippen molar-refractivity contribution < 1.29 is 0 Å². The predicted molar refractivity (Wildman–Crippen MR) is 53.3 cm³/mol. The molecule has 0 aliphatic rings. The number of nitrogens with one attached hydrogen (secondary N) is 1. The number of hydrogen-bond donors (Lipinski definition) is 1. The summed E-state index contributed by atoms with van der Waals surface area (Å²) in [6, 6.07) is 1.96. The van der Waals surface area contributed by atoms with E-state index in [1.165, 1.54) is 0 Å². The lowest BCUT2D eigenvalue weighted by molar-refractivity contribution is 0.840. The van der Waals surface area contributed by atoms with Gasteiger partial charge in [0.15, 0.2) is 0 Å². The van der Waals surface area contributed by atoms with E-state index in [0.717, 1.165) is 17.8 Å². The molecule has 3 nitrogen and oxygen atoms in total. The van der Waals surface area contributed by atoms with Crippen LogP contribution in [-0.2, 0) is 0 Å². The highest BCUT2D eigenvalue weighted by molar-refractivity contribution is 5.38. The number of anilines is 1. The lowest BCUT2D eigenvalue weighted by Gasteiger charge is -2.10. The summed E-state index contributed by atoms with van der Waals surface area (Å²) in [5.41, 5.74) is 1.07. The quantitative estimate of drug-likeness (QED) is 0.709. The third-order valence-electron chi connectivity index (χ3n) is 1.72. The minimum Gasteiger partial charge on any atom is -0.355 e. The number of terminal acetylenes is 1. The van der Waals surface area contributed by atoms with E-state index in [1.54, 1.807) is 6.20 Å². The summed E-state index contributed by atoms with van der Waals surface area (Å²) in [6.07, 6.45) is 7.90. The van der Waals surface area contributed by atoms with E-state index >= 15 is 0 Å². The van der Waals surface area contributed by atoms with Crippen molar-refractivity contribution in [3.05, 3.63) is 17.8 Å². The molecule has 0 fully saturated rings. The molecule has 0 spiro atoms. The number of nitrogens with zero attached hydrogens (tertiary/aromatic N) is 2. The van der Waals surface area contributed by atoms with Crippen LogP contribution >= 0.6 is 0 Å². The van der Waals surface area contributed by atoms with Gasteiger partial charge in [0.1, 0.15) is 5.82 Å². The molecule has 0 amide bonds. The van der Waals surface area contributed by atoms with Crippen molar-refractivity contribution in [2.24, 2.45) is 0 Å². The first-order chi connectivity index (χ1) is 6.26. The normalized spacial score (nSPS) is 11.8. The van der Waals surface area contributed by atoms with Gasteiger partial charge in [-0.3, -0.25) is 0 Å². The van der Waals surface area contributed by atoms with E-state index in [1.807, 2.05) is 19.9 Å². The number of rotatable bonds is 3. The maximum atomic E-state index is 5.31. The Hall–Kier alpha value is -1.56. The molecule has 1 aromatic heterocycles. The van der Waals surface area contributed by atoms with Crippen molar-refractivity contribution in [2.75, 3.05) is 5.32 Å². The predicted octanol–water partition coefficient (Wildman–Crippen LogP) is 1.61. The van der Waals surface area contributed by atoms with E-state index in [-0.39, 0.29) is 6.04 Å². The fraction of sp³-hybridized carbons (Fsp3) is 0.400. The summed E-state index contributed by atoms with van der Waals surface area (Å²) >= 11 is 0. The smallest absolute Gasteiger partial charge is 0.149 e. The van der Waals surface area contributed by atoms with E-state index in [4.69, 9.17) is 6.42 Å². The molecule has 0 aliphatic heterocycles. The zero-order valence-corrected chi connectivity index (χ0v) is 7.91. The van der Waals surface area contributed by atoms with Crippen molar-refractivity contribution in [1.29, 1.82) is 0 Å². The molecular formula is C10H13N3. The molecular weight excluding hydrogens is 162 g/mol. The zero-order valence-electron chi connectivity index (χ0n) is 7.91. The van der Waals surface area contributed by atoms with E-state index in [0.29, 0.717) is 0 Å². The van der Waals surface area contributed by atoms with E-state index < -0.39 is 0 Å². The topological polar surface area (TPSA) is 37.8 Å². The molecule has 1 atom stereocenters. The molecule has 1 aromatic rings. The molecule has 1 heterocycles. The Bertz CT molecular complexity index is 314. The van der Waals surface area contributed by atoms with Crippen molar-refractivity contribution in [1.82, 2.24) is 10.2 Å². The van der Waals surface area contributed by atoms with Gasteiger partial charge in [-0.1, -0.05) is 12.8 Å². The average Bonchev–Trinajstić information content (AvgIpc) is 2.14. The molecule has 0 aromatic carbocycles. The summed E-state index contributed by atoms with van der Waals surface area (Å²) < 4.78 is 0. The van der Waals surface area contributed by atoms with E-state index in [9.17, 15) is 0 Å². The maximum absolute atomic E-state index is 5.31. The van der Waals surface area contributed by atoms with Gasteiger partial charge in [-0.2, -0.15) is 5.10 Å². The van der Waals surface area contributed by atoms with E-state index in [2.05, 4.69) is 21.4 Å². The lowest BCUT2D eigenvalue weighted by atomic mass is 10.2. The van der Waals surface area contributed by atoms with Crippen LogP contribution in [0, 0.1) is 19.3 Å². The number of hydrogen-bond acceptors (Lipinski definition) is 3. The van der Waals surface area contributed by atoms with Gasteiger partial charge in [-0.05, 0) is 25.0 Å². The van der Waals surface area contributed by atoms with Crippen LogP contribution in [0.4, 0.5) is 5.82 Å². The van der Waals surface area contributed by atoms with Crippen molar-refractivity contribution in [3.63, 3.8) is 0 Å². The lowest BCUT2D eigenvalue weighted by Crippen LogP contribution is -2.16. The highest BCUT2D eigenvalue weighted by Gasteiger charge is 2.02. The first-order valence-corrected chi connectivity index (χ1v) is 4.28. The number of aromatic nitrogens is 2. The van der Waals surface area contributed by atoms with Crippen LogP contribution in [0.2, 0.25) is 0 Å². The Morgan fingerprint density at radius 1 is 1.69 bits per heavy atom. The maximum Gasteiger partial charge on any atom is 0.149 e. The zero-order chi connectivity index (χ0) is 9.68. The summed E-state index contributed by atoms with van der Waals surface area (Å²) in [6.45, 7) is 4.00. The average molecular weight is 175 g/mol. The SMILES string of the molecule is C#CC(CC)Nc1cc(C)cnn1. The van der Waals surface area contributed by atoms with Gasteiger partial charge in [-0.25, -0.2) is 0 Å². The van der Waals surface area contributed by atoms with Gasteiger partial charge in [-0.15, -0.1) is 11.5 Å². The van der Waals surface area contributed by atoms with Gasteiger partial charge in [0.2, 0.25) is 0 Å². The first-order valence-electron chi connectivity index (χ1n) is 4.28. The summed E-state index contributed by atoms with van der Waals surface area (Å²) in [4.78, 5) is 0. The second kappa shape index (κ2) is 4.46. The summed E-state index contributed by atoms with van der Waals surface area (Å²) in [7, 11) is 0. The molecule has 0 saturated carbocycles. The van der Waals surface area contributed by atoms with Gasteiger partial charge in [0, 0.05) is 0 Å². The van der Waals surface area contributed by atoms with Gasteiger partial charge in [0.25, 0.3) is 0 Å². The third kappa shape index (κ3) is 2.75. The fourth-order valence-electron chi connectivity index (χ4n) is 0.975. The van der Waals surface area contributed by atoms with Crippen LogP contribution in [0.3, 0.4) is 0 Å². The largest absolute Gasteiger partial charge is 0.355 e.